The van der Waals surface area contributed by atoms with Gasteiger partial charge in [0.25, 0.3) is 0 Å². The van der Waals surface area contributed by atoms with Crippen LogP contribution in [0.25, 0.3) is 0 Å². The highest BCUT2D eigenvalue weighted by Crippen LogP contribution is 2.21. The van der Waals surface area contributed by atoms with Gasteiger partial charge in [-0.05, 0) is 40.5 Å². The molecular weight excluding hydrogens is 234 g/mol. The quantitative estimate of drug-likeness (QED) is 0.896. The van der Waals surface area contributed by atoms with Crippen molar-refractivity contribution >= 4 is 11.6 Å². The molecule has 0 saturated carbocycles. The Labute approximate surface area is 110 Å². The molecule has 1 aromatic heterocycles. The first kappa shape index (κ1) is 14.5. The van der Waals surface area contributed by atoms with Crippen molar-refractivity contribution in [3.8, 4) is 0 Å². The molecule has 1 aromatic rings. The van der Waals surface area contributed by atoms with E-state index in [1.54, 1.807) is 0 Å². The van der Waals surface area contributed by atoms with Crippen LogP contribution < -0.4 is 5.32 Å². The molecule has 0 aliphatic heterocycles. The molecule has 4 heteroatoms. The van der Waals surface area contributed by atoms with E-state index in [1.165, 1.54) is 0 Å². The molecule has 0 amide bonds. The van der Waals surface area contributed by atoms with Crippen LogP contribution in [0.3, 0.4) is 0 Å². The summed E-state index contributed by atoms with van der Waals surface area (Å²) < 4.78 is 1.96. The molecule has 98 valence electrons. The molecule has 1 rings (SSSR count). The second-order valence-electron chi connectivity index (χ2n) is 5.89. The number of halogens is 1. The third-order valence-corrected chi connectivity index (χ3v) is 3.42. The van der Waals surface area contributed by atoms with E-state index >= 15 is 0 Å². The Morgan fingerprint density at radius 1 is 1.41 bits per heavy atom. The Balaban J connectivity index is 2.60. The van der Waals surface area contributed by atoms with Crippen molar-refractivity contribution in [3.05, 3.63) is 16.9 Å². The predicted molar refractivity (Wildman–Crippen MR) is 73.6 cm³/mol. The lowest BCUT2D eigenvalue weighted by molar-refractivity contribution is 0.302. The monoisotopic (exact) mass is 257 g/mol. The lowest BCUT2D eigenvalue weighted by atomic mass is 10.0. The van der Waals surface area contributed by atoms with Gasteiger partial charge in [-0.15, -0.1) is 0 Å². The zero-order chi connectivity index (χ0) is 13.2. The first-order valence-corrected chi connectivity index (χ1v) is 6.55. The van der Waals surface area contributed by atoms with Crippen molar-refractivity contribution in [2.24, 2.45) is 5.92 Å². The second-order valence-corrected chi connectivity index (χ2v) is 6.30. The topological polar surface area (TPSA) is 29.9 Å². The van der Waals surface area contributed by atoms with Gasteiger partial charge in [0.2, 0.25) is 0 Å². The summed E-state index contributed by atoms with van der Waals surface area (Å²) in [6.45, 7) is 13.9. The lowest BCUT2D eigenvalue weighted by Gasteiger charge is -2.26. The summed E-state index contributed by atoms with van der Waals surface area (Å²) in [5.41, 5.74) is 1.06. The minimum absolute atomic E-state index is 0.158. The summed E-state index contributed by atoms with van der Waals surface area (Å²) in [6, 6.07) is 0.344. The molecule has 0 aliphatic rings. The van der Waals surface area contributed by atoms with Crippen molar-refractivity contribution in [1.82, 2.24) is 15.1 Å². The minimum Gasteiger partial charge on any atom is -0.312 e. The standard InChI is InChI=1S/C13H24ClN3/c1-9(7-15-13(4,5)6)11(3)17-8-12(14)10(2)16-17/h8-9,11,15H,7H2,1-6H3. The van der Waals surface area contributed by atoms with Crippen molar-refractivity contribution in [1.29, 1.82) is 0 Å². The maximum absolute atomic E-state index is 6.03. The van der Waals surface area contributed by atoms with E-state index in [4.69, 9.17) is 11.6 Å². The Hall–Kier alpha value is -0.540. The van der Waals surface area contributed by atoms with Crippen LogP contribution >= 0.6 is 11.6 Å². The first-order chi connectivity index (χ1) is 7.70. The van der Waals surface area contributed by atoms with Crippen LogP contribution in [0.15, 0.2) is 6.20 Å². The molecule has 1 N–H and O–H groups in total. The van der Waals surface area contributed by atoms with Crippen LogP contribution in [0.4, 0.5) is 0 Å². The summed E-state index contributed by atoms with van der Waals surface area (Å²) in [5, 5.41) is 8.70. The van der Waals surface area contributed by atoms with E-state index in [-0.39, 0.29) is 5.54 Å². The van der Waals surface area contributed by atoms with Crippen molar-refractivity contribution in [2.45, 2.75) is 53.1 Å². The van der Waals surface area contributed by atoms with E-state index in [9.17, 15) is 0 Å². The fourth-order valence-corrected chi connectivity index (χ4v) is 1.70. The molecule has 0 aromatic carbocycles. The number of hydrogen-bond donors (Lipinski definition) is 1. The van der Waals surface area contributed by atoms with Gasteiger partial charge >= 0.3 is 0 Å². The summed E-state index contributed by atoms with van der Waals surface area (Å²) in [6.07, 6.45) is 1.91. The smallest absolute Gasteiger partial charge is 0.0815 e. The molecule has 0 fully saturated rings. The molecule has 2 atom stereocenters. The highest BCUT2D eigenvalue weighted by Gasteiger charge is 2.18. The molecule has 0 aliphatic carbocycles. The number of aryl methyl sites for hydroxylation is 1. The highest BCUT2D eigenvalue weighted by atomic mass is 35.5. The number of hydrogen-bond acceptors (Lipinski definition) is 2. The third-order valence-electron chi connectivity index (χ3n) is 3.05. The fraction of sp³-hybridized carbons (Fsp3) is 0.769. The Bertz CT molecular complexity index is 346. The van der Waals surface area contributed by atoms with Crippen molar-refractivity contribution < 1.29 is 0 Å². The van der Waals surface area contributed by atoms with Gasteiger partial charge in [-0.3, -0.25) is 4.68 Å². The van der Waals surface area contributed by atoms with Gasteiger partial charge in [0.1, 0.15) is 0 Å². The van der Waals surface area contributed by atoms with Gasteiger partial charge in [-0.25, -0.2) is 0 Å². The highest BCUT2D eigenvalue weighted by molar-refractivity contribution is 6.31. The van der Waals surface area contributed by atoms with Crippen LogP contribution in [0, 0.1) is 12.8 Å². The van der Waals surface area contributed by atoms with Crippen LogP contribution in [-0.4, -0.2) is 21.9 Å². The maximum Gasteiger partial charge on any atom is 0.0815 e. The lowest BCUT2D eigenvalue weighted by Crippen LogP contribution is -2.40. The normalized spacial score (nSPS) is 15.9. The molecule has 1 heterocycles. The Kier molecular flexibility index (Phi) is 4.62. The van der Waals surface area contributed by atoms with E-state index in [2.05, 4.69) is 45.0 Å². The summed E-state index contributed by atoms with van der Waals surface area (Å²) in [4.78, 5) is 0. The number of nitrogens with zero attached hydrogens (tertiary/aromatic N) is 2. The molecule has 2 unspecified atom stereocenters. The molecule has 17 heavy (non-hydrogen) atoms. The van der Waals surface area contributed by atoms with Gasteiger partial charge in [-0.1, -0.05) is 18.5 Å². The van der Waals surface area contributed by atoms with Gasteiger partial charge in [0.05, 0.1) is 16.8 Å². The first-order valence-electron chi connectivity index (χ1n) is 6.17. The number of nitrogens with one attached hydrogen (secondary N) is 1. The Morgan fingerprint density at radius 3 is 2.41 bits per heavy atom. The average molecular weight is 258 g/mol. The van der Waals surface area contributed by atoms with Gasteiger partial charge in [-0.2, -0.15) is 5.10 Å². The molecule has 0 spiro atoms. The zero-order valence-corrected chi connectivity index (χ0v) is 12.5. The van der Waals surface area contributed by atoms with E-state index < -0.39 is 0 Å². The van der Waals surface area contributed by atoms with Crippen LogP contribution in [0.1, 0.15) is 46.4 Å². The van der Waals surface area contributed by atoms with Gasteiger partial charge in [0, 0.05) is 18.3 Å². The summed E-state index contributed by atoms with van der Waals surface area (Å²) in [7, 11) is 0. The van der Waals surface area contributed by atoms with E-state index in [1.807, 2.05) is 17.8 Å². The minimum atomic E-state index is 0.158. The number of rotatable bonds is 4. The number of aromatic nitrogens is 2. The molecule has 0 saturated heterocycles. The van der Waals surface area contributed by atoms with Crippen LogP contribution in [0.2, 0.25) is 5.02 Å². The second kappa shape index (κ2) is 5.40. The van der Waals surface area contributed by atoms with Gasteiger partial charge in [0.15, 0.2) is 0 Å². The van der Waals surface area contributed by atoms with E-state index in [0.29, 0.717) is 12.0 Å². The van der Waals surface area contributed by atoms with Crippen LogP contribution in [-0.2, 0) is 0 Å². The SMILES string of the molecule is Cc1nn(C(C)C(C)CNC(C)(C)C)cc1Cl. The predicted octanol–water partition coefficient (Wildman–Crippen LogP) is 3.43. The summed E-state index contributed by atoms with van der Waals surface area (Å²) in [5.74, 6) is 0.504. The molecule has 3 nitrogen and oxygen atoms in total. The average Bonchev–Trinajstić information content (AvgIpc) is 2.53. The Morgan fingerprint density at radius 2 is 2.00 bits per heavy atom. The van der Waals surface area contributed by atoms with Gasteiger partial charge < -0.3 is 5.32 Å². The van der Waals surface area contributed by atoms with Crippen LogP contribution in [0.5, 0.6) is 0 Å². The van der Waals surface area contributed by atoms with Crippen molar-refractivity contribution in [2.75, 3.05) is 6.54 Å². The van der Waals surface area contributed by atoms with Crippen molar-refractivity contribution in [3.63, 3.8) is 0 Å². The molecular formula is C13H24ClN3. The largest absolute Gasteiger partial charge is 0.312 e. The molecule has 0 bridgehead atoms. The van der Waals surface area contributed by atoms with E-state index in [0.717, 1.165) is 17.3 Å². The molecule has 0 radical (unpaired) electrons. The zero-order valence-electron chi connectivity index (χ0n) is 11.7. The third kappa shape index (κ3) is 4.32. The summed E-state index contributed by atoms with van der Waals surface area (Å²) >= 11 is 6.03. The maximum atomic E-state index is 6.03. The fourth-order valence-electron chi connectivity index (χ4n) is 1.57.